The van der Waals surface area contributed by atoms with E-state index in [1.165, 1.54) is 29.7 Å². The first kappa shape index (κ1) is 30.3. The molecule has 220 valence electrons. The summed E-state index contributed by atoms with van der Waals surface area (Å²) in [6, 6.07) is 1.99. The van der Waals surface area contributed by atoms with E-state index >= 15 is 0 Å². The normalized spacial score (nSPS) is 22.3. The van der Waals surface area contributed by atoms with Crippen molar-refractivity contribution >= 4 is 0 Å². The minimum Gasteiger partial charge on any atom is -0.389 e. The van der Waals surface area contributed by atoms with Gasteiger partial charge in [0.15, 0.2) is 5.82 Å². The number of rotatable bonds is 11. The third kappa shape index (κ3) is 6.63. The lowest BCUT2D eigenvalue weighted by atomic mass is 9.93. The topological polar surface area (TPSA) is 95.7 Å². The predicted molar refractivity (Wildman–Crippen MR) is 141 cm³/mol. The fourth-order valence-electron chi connectivity index (χ4n) is 5.23. The van der Waals surface area contributed by atoms with Gasteiger partial charge in [0.25, 0.3) is 0 Å². The van der Waals surface area contributed by atoms with Gasteiger partial charge in [-0.1, -0.05) is 6.08 Å². The monoisotopic (exact) mass is 567 g/mol. The highest BCUT2D eigenvalue weighted by Gasteiger charge is 2.45. The number of methoxy groups -OCH3 is 1. The first-order valence-electron chi connectivity index (χ1n) is 13.4. The van der Waals surface area contributed by atoms with Gasteiger partial charge in [-0.25, -0.2) is 27.2 Å². The number of aliphatic hydroxyl groups is 2. The lowest BCUT2D eigenvalue weighted by Crippen LogP contribution is -2.54. The Bertz CT molecular complexity index is 1250. The Morgan fingerprint density at radius 1 is 1.23 bits per heavy atom. The summed E-state index contributed by atoms with van der Waals surface area (Å²) in [5, 5.41) is 29.1. The molecule has 1 aromatic heterocycles. The molecule has 1 aliphatic carbocycles. The van der Waals surface area contributed by atoms with Gasteiger partial charge in [-0.05, 0) is 57.0 Å². The number of hydrogen-bond acceptors (Lipinski definition) is 7. The molecule has 0 amide bonds. The predicted octanol–water partition coefficient (Wildman–Crippen LogP) is 3.82. The van der Waals surface area contributed by atoms with Gasteiger partial charge in [0.2, 0.25) is 0 Å². The Morgan fingerprint density at radius 3 is 2.60 bits per heavy atom. The van der Waals surface area contributed by atoms with Crippen LogP contribution in [0.4, 0.5) is 17.6 Å². The van der Waals surface area contributed by atoms with Crippen molar-refractivity contribution in [2.24, 2.45) is 5.92 Å². The van der Waals surface area contributed by atoms with Crippen LogP contribution in [0, 0.1) is 17.6 Å². The summed E-state index contributed by atoms with van der Waals surface area (Å²) < 4.78 is 65.1. The minimum absolute atomic E-state index is 0.0193. The van der Waals surface area contributed by atoms with E-state index in [1.807, 2.05) is 6.08 Å². The van der Waals surface area contributed by atoms with Crippen molar-refractivity contribution in [3.8, 4) is 11.4 Å². The van der Waals surface area contributed by atoms with Gasteiger partial charge in [-0.2, -0.15) is 5.10 Å². The smallest absolute Gasteiger partial charge is 0.184 e. The summed E-state index contributed by atoms with van der Waals surface area (Å²) in [7, 11) is 1.46. The maximum atomic E-state index is 14.8. The van der Waals surface area contributed by atoms with E-state index in [0.29, 0.717) is 18.5 Å². The van der Waals surface area contributed by atoms with Crippen LogP contribution >= 0.6 is 0 Å². The second-order valence-corrected chi connectivity index (χ2v) is 11.0. The summed E-state index contributed by atoms with van der Waals surface area (Å²) in [6.45, 7) is 5.46. The summed E-state index contributed by atoms with van der Waals surface area (Å²) in [5.41, 5.74) is -0.695. The summed E-state index contributed by atoms with van der Waals surface area (Å²) >= 11 is 0. The Hall–Kier alpha value is -2.64. The molecule has 12 heteroatoms. The highest BCUT2D eigenvalue weighted by atomic mass is 19.1. The largest absolute Gasteiger partial charge is 0.389 e. The molecule has 2 heterocycles. The van der Waals surface area contributed by atoms with Gasteiger partial charge in [-0.3, -0.25) is 4.90 Å². The van der Waals surface area contributed by atoms with Crippen LogP contribution in [0.25, 0.3) is 11.4 Å². The molecule has 5 atom stereocenters. The van der Waals surface area contributed by atoms with Gasteiger partial charge in [0.1, 0.15) is 41.7 Å². The van der Waals surface area contributed by atoms with Crippen molar-refractivity contribution in [3.05, 3.63) is 59.2 Å². The third-order valence-electron chi connectivity index (χ3n) is 7.57. The van der Waals surface area contributed by atoms with E-state index in [9.17, 15) is 27.8 Å². The van der Waals surface area contributed by atoms with E-state index in [-0.39, 0.29) is 49.1 Å². The molecule has 0 bridgehead atoms. The molecule has 0 spiro atoms. The molecular formula is C28H37F4N5O3. The minimum atomic E-state index is -1.46. The van der Waals surface area contributed by atoms with E-state index in [2.05, 4.69) is 15.4 Å². The number of benzene rings is 1. The van der Waals surface area contributed by atoms with Crippen molar-refractivity contribution in [1.82, 2.24) is 25.0 Å². The highest BCUT2D eigenvalue weighted by Crippen LogP contribution is 2.38. The number of nitrogens with one attached hydrogen (secondary N) is 1. The van der Waals surface area contributed by atoms with E-state index in [0.717, 1.165) is 18.2 Å². The number of allylic oxidation sites excluding steroid dienone is 4. The van der Waals surface area contributed by atoms with Crippen molar-refractivity contribution in [1.29, 1.82) is 0 Å². The average molecular weight is 568 g/mol. The Balaban J connectivity index is 1.89. The number of nitrogens with zero attached hydrogens (tertiary/aromatic N) is 4. The number of halogens is 4. The number of hydrogen-bond donors (Lipinski definition) is 3. The Labute approximate surface area is 231 Å². The number of aliphatic hydroxyl groups excluding tert-OH is 2. The van der Waals surface area contributed by atoms with Crippen LogP contribution in [0.2, 0.25) is 0 Å². The van der Waals surface area contributed by atoms with Crippen LogP contribution in [-0.2, 0) is 11.3 Å². The maximum absolute atomic E-state index is 14.8. The molecule has 1 fully saturated rings. The van der Waals surface area contributed by atoms with Crippen molar-refractivity contribution in [3.63, 3.8) is 0 Å². The molecule has 2 aromatic rings. The average Bonchev–Trinajstić information content (AvgIpc) is 3.50. The molecule has 8 nitrogen and oxygen atoms in total. The number of alkyl halides is 1. The molecule has 1 saturated heterocycles. The molecule has 1 aliphatic heterocycles. The Morgan fingerprint density at radius 2 is 1.98 bits per heavy atom. The molecule has 2 aliphatic rings. The van der Waals surface area contributed by atoms with E-state index < -0.39 is 47.7 Å². The highest BCUT2D eigenvalue weighted by molar-refractivity contribution is 5.55. The molecule has 40 heavy (non-hydrogen) atoms. The van der Waals surface area contributed by atoms with Crippen molar-refractivity contribution in [2.75, 3.05) is 26.7 Å². The van der Waals surface area contributed by atoms with Crippen molar-refractivity contribution in [2.45, 2.75) is 70.3 Å². The number of ether oxygens (including phenoxy) is 1. The van der Waals surface area contributed by atoms with Gasteiger partial charge in [0.05, 0.1) is 23.8 Å². The quantitative estimate of drug-likeness (QED) is 0.281. The van der Waals surface area contributed by atoms with Gasteiger partial charge in [-0.15, -0.1) is 0 Å². The molecular weight excluding hydrogens is 530 g/mol. The van der Waals surface area contributed by atoms with Crippen LogP contribution < -0.4 is 5.32 Å². The number of aromatic nitrogens is 3. The molecule has 1 aromatic carbocycles. The van der Waals surface area contributed by atoms with Crippen molar-refractivity contribution < 1.29 is 32.5 Å². The van der Waals surface area contributed by atoms with Crippen LogP contribution in [0.1, 0.15) is 45.5 Å². The lowest BCUT2D eigenvalue weighted by molar-refractivity contribution is -0.151. The summed E-state index contributed by atoms with van der Waals surface area (Å²) in [4.78, 5) is 6.13. The second kappa shape index (κ2) is 12.5. The zero-order valence-electron chi connectivity index (χ0n) is 23.1. The van der Waals surface area contributed by atoms with Gasteiger partial charge in [0, 0.05) is 39.1 Å². The van der Waals surface area contributed by atoms with Crippen LogP contribution in [-0.4, -0.2) is 80.7 Å². The Kier molecular flexibility index (Phi) is 9.46. The fraction of sp³-hybridized carbons (Fsp3) is 0.571. The van der Waals surface area contributed by atoms with E-state index in [1.54, 1.807) is 13.8 Å². The zero-order valence-corrected chi connectivity index (χ0v) is 23.1. The molecule has 3 N–H and O–H groups in total. The van der Waals surface area contributed by atoms with Crippen LogP contribution in [0.15, 0.2) is 41.8 Å². The first-order valence-corrected chi connectivity index (χ1v) is 13.4. The first-order chi connectivity index (χ1) is 18.9. The third-order valence-corrected chi connectivity index (χ3v) is 7.57. The lowest BCUT2D eigenvalue weighted by Gasteiger charge is -2.44. The molecule has 0 radical (unpaired) electrons. The van der Waals surface area contributed by atoms with Crippen LogP contribution in [0.5, 0.6) is 0 Å². The second-order valence-electron chi connectivity index (χ2n) is 11.0. The summed E-state index contributed by atoms with van der Waals surface area (Å²) in [6.07, 6.45) is 0.128. The van der Waals surface area contributed by atoms with Gasteiger partial charge >= 0.3 is 0 Å². The SMILES string of the molecule is COC(C)(C)C(c1nc(-c2cc(F)ccc2F)nn1CC1=CCCC(F)=C1)N(CC1CNCC1F)C(O)C(C)O. The maximum Gasteiger partial charge on any atom is 0.184 e. The molecule has 0 saturated carbocycles. The fourth-order valence-corrected chi connectivity index (χ4v) is 5.23. The molecule has 4 rings (SSSR count). The van der Waals surface area contributed by atoms with Crippen LogP contribution in [0.3, 0.4) is 0 Å². The van der Waals surface area contributed by atoms with Gasteiger partial charge < -0.3 is 20.3 Å². The summed E-state index contributed by atoms with van der Waals surface area (Å²) in [5.74, 6) is -2.17. The van der Waals surface area contributed by atoms with E-state index in [4.69, 9.17) is 4.74 Å². The standard InChI is InChI=1S/C28H37F4N5O3/c1-16(38)27(39)36(15-18-12-33-13-23(18)32)24(28(2,3)40-4)26-34-25(21-11-20(30)8-9-22(21)31)35-37(26)14-17-6-5-7-19(29)10-17/h6,8-11,16,18,23-24,27,33,38-39H,5,7,12-15H2,1-4H3. The zero-order chi connectivity index (χ0) is 29.2. The molecule has 5 unspecified atom stereocenters.